The molecule has 1 fully saturated rings. The number of carbonyl (C=O) groups excluding carboxylic acids is 1. The standard InChI is InChI=1S/C10H13NO7/c1-4(12)11-10(8(15)16,9(17)18)3-5-2-6(5)7(13)14/h5-6H,2-3H2,1H3,(H,11,12)(H,13,14)(H,15,16)(H,17,18). The quantitative estimate of drug-likeness (QED) is 0.455. The number of carboxylic acids is 3. The van der Waals surface area contributed by atoms with Crippen molar-refractivity contribution in [1.82, 2.24) is 5.32 Å². The van der Waals surface area contributed by atoms with Crippen molar-refractivity contribution in [3.05, 3.63) is 0 Å². The van der Waals surface area contributed by atoms with Crippen LogP contribution in [-0.4, -0.2) is 44.7 Å². The first-order valence-electron chi connectivity index (χ1n) is 5.19. The molecule has 18 heavy (non-hydrogen) atoms. The van der Waals surface area contributed by atoms with Gasteiger partial charge in [0, 0.05) is 6.92 Å². The van der Waals surface area contributed by atoms with E-state index in [-0.39, 0.29) is 6.42 Å². The van der Waals surface area contributed by atoms with E-state index in [9.17, 15) is 19.2 Å². The molecule has 1 aliphatic carbocycles. The fraction of sp³-hybridized carbons (Fsp3) is 0.600. The SMILES string of the molecule is CC(=O)NC(CC1CC1C(=O)O)(C(=O)O)C(=O)O. The molecule has 0 spiro atoms. The van der Waals surface area contributed by atoms with Crippen LogP contribution in [-0.2, 0) is 19.2 Å². The lowest BCUT2D eigenvalue weighted by Crippen LogP contribution is -2.60. The molecule has 0 heterocycles. The van der Waals surface area contributed by atoms with Crippen LogP contribution >= 0.6 is 0 Å². The molecule has 0 radical (unpaired) electrons. The van der Waals surface area contributed by atoms with Gasteiger partial charge in [-0.3, -0.25) is 9.59 Å². The number of aliphatic carboxylic acids is 3. The van der Waals surface area contributed by atoms with Crippen molar-refractivity contribution >= 4 is 23.8 Å². The highest BCUT2D eigenvalue weighted by atomic mass is 16.4. The predicted molar refractivity (Wildman–Crippen MR) is 55.7 cm³/mol. The van der Waals surface area contributed by atoms with Crippen molar-refractivity contribution in [2.75, 3.05) is 0 Å². The fourth-order valence-corrected chi connectivity index (χ4v) is 1.89. The van der Waals surface area contributed by atoms with Gasteiger partial charge in [0.05, 0.1) is 5.92 Å². The highest BCUT2D eigenvalue weighted by Gasteiger charge is 2.55. The second kappa shape index (κ2) is 4.63. The number of carbonyl (C=O) groups is 4. The average molecular weight is 259 g/mol. The van der Waals surface area contributed by atoms with E-state index in [1.165, 1.54) is 0 Å². The van der Waals surface area contributed by atoms with Gasteiger partial charge < -0.3 is 20.6 Å². The van der Waals surface area contributed by atoms with Crippen molar-refractivity contribution in [2.24, 2.45) is 11.8 Å². The minimum Gasteiger partial charge on any atom is -0.481 e. The Morgan fingerprint density at radius 3 is 1.94 bits per heavy atom. The summed E-state index contributed by atoms with van der Waals surface area (Å²) in [5, 5.41) is 28.6. The van der Waals surface area contributed by atoms with Crippen LogP contribution in [0.4, 0.5) is 0 Å². The fourth-order valence-electron chi connectivity index (χ4n) is 1.89. The van der Waals surface area contributed by atoms with Gasteiger partial charge in [-0.15, -0.1) is 0 Å². The second-order valence-corrected chi connectivity index (χ2v) is 4.34. The molecule has 0 aromatic heterocycles. The molecule has 1 saturated carbocycles. The Hall–Kier alpha value is -2.12. The molecule has 1 aliphatic rings. The lowest BCUT2D eigenvalue weighted by molar-refractivity contribution is -0.162. The van der Waals surface area contributed by atoms with Gasteiger partial charge >= 0.3 is 17.9 Å². The van der Waals surface area contributed by atoms with Crippen LogP contribution in [0.3, 0.4) is 0 Å². The van der Waals surface area contributed by atoms with E-state index in [2.05, 4.69) is 0 Å². The molecule has 100 valence electrons. The van der Waals surface area contributed by atoms with Gasteiger partial charge in [0.2, 0.25) is 11.4 Å². The third-order valence-electron chi connectivity index (χ3n) is 2.93. The monoisotopic (exact) mass is 259 g/mol. The highest BCUT2D eigenvalue weighted by molar-refractivity contribution is 6.06. The van der Waals surface area contributed by atoms with Gasteiger partial charge in [-0.05, 0) is 18.8 Å². The third kappa shape index (κ3) is 2.58. The number of amides is 1. The topological polar surface area (TPSA) is 141 Å². The molecular formula is C10H13NO7. The molecule has 0 aromatic rings. The maximum Gasteiger partial charge on any atom is 0.341 e. The highest BCUT2D eigenvalue weighted by Crippen LogP contribution is 2.44. The van der Waals surface area contributed by atoms with Crippen LogP contribution in [0.5, 0.6) is 0 Å². The molecule has 4 N–H and O–H groups in total. The molecule has 0 saturated heterocycles. The van der Waals surface area contributed by atoms with Crippen molar-refractivity contribution in [2.45, 2.75) is 25.3 Å². The average Bonchev–Trinajstić information content (AvgIpc) is 2.94. The third-order valence-corrected chi connectivity index (χ3v) is 2.93. The Labute approximate surface area is 102 Å². The smallest absolute Gasteiger partial charge is 0.341 e. The Morgan fingerprint density at radius 1 is 1.17 bits per heavy atom. The maximum atomic E-state index is 11.1. The minimum atomic E-state index is -2.46. The van der Waals surface area contributed by atoms with Crippen molar-refractivity contribution < 1.29 is 34.5 Å². The summed E-state index contributed by atoms with van der Waals surface area (Å²) in [5.41, 5.74) is -2.46. The van der Waals surface area contributed by atoms with Crippen LogP contribution in [0.2, 0.25) is 0 Å². The van der Waals surface area contributed by atoms with Crippen LogP contribution in [0.25, 0.3) is 0 Å². The zero-order chi connectivity index (χ0) is 14.1. The van der Waals surface area contributed by atoms with Crippen molar-refractivity contribution in [3.63, 3.8) is 0 Å². The van der Waals surface area contributed by atoms with Gasteiger partial charge in [-0.25, -0.2) is 9.59 Å². The molecular weight excluding hydrogens is 246 g/mol. The molecule has 8 heteroatoms. The van der Waals surface area contributed by atoms with Crippen LogP contribution in [0.1, 0.15) is 19.8 Å². The first-order chi connectivity index (χ1) is 8.20. The van der Waals surface area contributed by atoms with Crippen molar-refractivity contribution in [1.29, 1.82) is 0 Å². The van der Waals surface area contributed by atoms with E-state index < -0.39 is 47.6 Å². The summed E-state index contributed by atoms with van der Waals surface area (Å²) in [6.45, 7) is 1.00. The van der Waals surface area contributed by atoms with Crippen LogP contribution in [0.15, 0.2) is 0 Å². The molecule has 8 nitrogen and oxygen atoms in total. The first kappa shape index (κ1) is 13.9. The zero-order valence-electron chi connectivity index (χ0n) is 9.54. The number of hydrogen-bond donors (Lipinski definition) is 4. The summed E-state index contributed by atoms with van der Waals surface area (Å²) in [4.78, 5) is 43.8. The lowest BCUT2D eigenvalue weighted by atomic mass is 9.91. The van der Waals surface area contributed by atoms with E-state index in [0.717, 1.165) is 6.92 Å². The summed E-state index contributed by atoms with van der Waals surface area (Å²) in [6.07, 6.45) is -0.217. The number of carboxylic acid groups (broad SMARTS) is 3. The Kier molecular flexibility index (Phi) is 3.59. The summed E-state index contributed by atoms with van der Waals surface area (Å²) < 4.78 is 0. The predicted octanol–water partition coefficient (Wildman–Crippen LogP) is -0.859. The summed E-state index contributed by atoms with van der Waals surface area (Å²) in [5.74, 6) is -6.60. The number of nitrogens with one attached hydrogen (secondary N) is 1. The minimum absolute atomic E-state index is 0.219. The summed E-state index contributed by atoms with van der Waals surface area (Å²) >= 11 is 0. The van der Waals surface area contributed by atoms with Crippen molar-refractivity contribution in [3.8, 4) is 0 Å². The first-order valence-corrected chi connectivity index (χ1v) is 5.19. The van der Waals surface area contributed by atoms with Gasteiger partial charge in [-0.1, -0.05) is 0 Å². The number of rotatable bonds is 6. The maximum absolute atomic E-state index is 11.1. The Morgan fingerprint density at radius 2 is 1.67 bits per heavy atom. The van der Waals surface area contributed by atoms with E-state index in [0.29, 0.717) is 0 Å². The van der Waals surface area contributed by atoms with Crippen LogP contribution in [0, 0.1) is 11.8 Å². The molecule has 0 bridgehead atoms. The van der Waals surface area contributed by atoms with Gasteiger partial charge in [0.1, 0.15) is 0 Å². The Balaban J connectivity index is 2.90. The molecule has 1 amide bonds. The van der Waals surface area contributed by atoms with E-state index in [1.807, 2.05) is 5.32 Å². The van der Waals surface area contributed by atoms with Gasteiger partial charge in [0.15, 0.2) is 0 Å². The summed E-state index contributed by atoms with van der Waals surface area (Å²) in [7, 11) is 0. The molecule has 1 rings (SSSR count). The number of hydrogen-bond acceptors (Lipinski definition) is 4. The van der Waals surface area contributed by atoms with E-state index in [1.54, 1.807) is 0 Å². The molecule has 0 aliphatic heterocycles. The lowest BCUT2D eigenvalue weighted by Gasteiger charge is -2.25. The zero-order valence-corrected chi connectivity index (χ0v) is 9.54. The largest absolute Gasteiger partial charge is 0.481 e. The summed E-state index contributed by atoms with van der Waals surface area (Å²) in [6, 6.07) is 0. The van der Waals surface area contributed by atoms with Gasteiger partial charge in [-0.2, -0.15) is 0 Å². The van der Waals surface area contributed by atoms with Crippen LogP contribution < -0.4 is 5.32 Å². The van der Waals surface area contributed by atoms with E-state index >= 15 is 0 Å². The molecule has 2 unspecified atom stereocenters. The van der Waals surface area contributed by atoms with Gasteiger partial charge in [0.25, 0.3) is 0 Å². The molecule has 2 atom stereocenters. The normalized spacial score (nSPS) is 22.1. The van der Waals surface area contributed by atoms with E-state index in [4.69, 9.17) is 15.3 Å². The Bertz CT molecular complexity index is 402. The molecule has 0 aromatic carbocycles. The second-order valence-electron chi connectivity index (χ2n) is 4.34.